The Morgan fingerprint density at radius 3 is 2.71 bits per heavy atom. The summed E-state index contributed by atoms with van der Waals surface area (Å²) in [5, 5.41) is 13.3. The lowest BCUT2D eigenvalue weighted by atomic mass is 10.0. The number of ketones is 1. The zero-order valence-corrected chi connectivity index (χ0v) is 17.8. The topological polar surface area (TPSA) is 195 Å². The first-order valence-electron chi connectivity index (χ1n) is 8.92. The fraction of sp³-hybridized carbons (Fsp3) is 0.412. The van der Waals surface area contributed by atoms with Crippen LogP contribution in [-0.4, -0.2) is 68.3 Å². The Hall–Kier alpha value is -2.97. The maximum Gasteiger partial charge on any atom is 0.352 e. The van der Waals surface area contributed by atoms with Gasteiger partial charge in [0.1, 0.15) is 42.0 Å². The molecular weight excluding hydrogens is 450 g/mol. The van der Waals surface area contributed by atoms with Crippen molar-refractivity contribution >= 4 is 57.8 Å². The summed E-state index contributed by atoms with van der Waals surface area (Å²) in [4.78, 5) is 64.3. The number of thiazole rings is 1. The number of nitrogens with one attached hydrogen (secondary N) is 1. The summed E-state index contributed by atoms with van der Waals surface area (Å²) in [6.07, 6.45) is -0.424. The van der Waals surface area contributed by atoms with Crippen LogP contribution in [0.5, 0.6) is 0 Å². The van der Waals surface area contributed by atoms with Crippen LogP contribution in [0.4, 0.5) is 5.13 Å². The van der Waals surface area contributed by atoms with Crippen LogP contribution in [-0.2, 0) is 28.7 Å². The molecule has 3 atom stereocenters. The molecule has 1 aromatic heterocycles. The largest absolute Gasteiger partial charge is 0.477 e. The molecule has 0 radical (unpaired) electrons. The van der Waals surface area contributed by atoms with E-state index < -0.39 is 47.6 Å². The van der Waals surface area contributed by atoms with Gasteiger partial charge in [-0.1, -0.05) is 0 Å². The van der Waals surface area contributed by atoms with Crippen LogP contribution in [0.25, 0.3) is 0 Å². The van der Waals surface area contributed by atoms with Crippen molar-refractivity contribution in [2.45, 2.75) is 30.8 Å². The number of nitrogen functional groups attached to an aromatic ring is 1. The highest BCUT2D eigenvalue weighted by molar-refractivity contribution is 8.00. The number of aliphatic carboxylic acids is 1. The Kier molecular flexibility index (Phi) is 6.62. The second-order valence-corrected chi connectivity index (χ2v) is 8.78. The van der Waals surface area contributed by atoms with E-state index in [1.807, 2.05) is 0 Å². The Morgan fingerprint density at radius 2 is 2.13 bits per heavy atom. The number of aromatic nitrogens is 1. The van der Waals surface area contributed by atoms with Crippen LogP contribution < -0.4 is 16.8 Å². The molecule has 1 unspecified atom stereocenters. The number of ether oxygens (including phenoxy) is 1. The second kappa shape index (κ2) is 9.03. The minimum atomic E-state index is -1.37. The molecule has 0 aliphatic carbocycles. The van der Waals surface area contributed by atoms with Crippen molar-refractivity contribution in [3.8, 4) is 0 Å². The lowest BCUT2D eigenvalue weighted by molar-refractivity contribution is -0.151. The van der Waals surface area contributed by atoms with Crippen LogP contribution >= 0.6 is 23.1 Å². The number of Topliss-reactive ketones (excluding diaryl/α,β-unsaturated/α-hetero) is 1. The van der Waals surface area contributed by atoms with Gasteiger partial charge < -0.3 is 26.6 Å². The Morgan fingerprint density at radius 1 is 1.42 bits per heavy atom. The van der Waals surface area contributed by atoms with Gasteiger partial charge in [0.2, 0.25) is 5.91 Å². The molecule has 2 aliphatic rings. The molecule has 0 spiro atoms. The standard InChI is InChI=1S/C17H19N5O7S2/c1-6(23)2-9(24)29-3-7-4-30-15-11(14(26)22(15)12(7)16(27)28)21-13(25)10(18)8-5-31-17(19)20-8/h5,10-11,15H,2-4,18H2,1H3,(H2,19,20)(H,21,25)(H,27,28)/t10?,11-,15+/m1/s1. The lowest BCUT2D eigenvalue weighted by Gasteiger charge is -2.49. The molecule has 31 heavy (non-hydrogen) atoms. The average Bonchev–Trinajstić information content (AvgIpc) is 3.14. The Bertz CT molecular complexity index is 991. The van der Waals surface area contributed by atoms with Gasteiger partial charge in [0, 0.05) is 16.7 Å². The molecule has 3 rings (SSSR count). The van der Waals surface area contributed by atoms with Crippen LogP contribution in [0, 0.1) is 0 Å². The minimum Gasteiger partial charge on any atom is -0.477 e. The first-order chi connectivity index (χ1) is 14.6. The molecule has 3 heterocycles. The fourth-order valence-corrected chi connectivity index (χ4v) is 4.96. The third-order valence-electron chi connectivity index (χ3n) is 4.49. The monoisotopic (exact) mass is 469 g/mol. The van der Waals surface area contributed by atoms with Crippen LogP contribution in [0.2, 0.25) is 0 Å². The van der Waals surface area contributed by atoms with Crippen molar-refractivity contribution in [3.05, 3.63) is 22.3 Å². The molecule has 1 fully saturated rings. The van der Waals surface area contributed by atoms with E-state index in [1.54, 1.807) is 0 Å². The molecule has 166 valence electrons. The van der Waals surface area contributed by atoms with E-state index in [9.17, 15) is 29.1 Å². The number of esters is 1. The number of β-lactam (4-membered cyclic amide) rings is 1. The van der Waals surface area contributed by atoms with Gasteiger partial charge in [-0.05, 0) is 6.92 Å². The number of hydrogen-bond donors (Lipinski definition) is 4. The normalized spacial score (nSPS) is 21.1. The molecule has 6 N–H and O–H groups in total. The van der Waals surface area contributed by atoms with E-state index in [-0.39, 0.29) is 40.2 Å². The lowest BCUT2D eigenvalue weighted by Crippen LogP contribution is -2.71. The molecule has 2 amide bonds. The summed E-state index contributed by atoms with van der Waals surface area (Å²) in [5.74, 6) is -3.64. The van der Waals surface area contributed by atoms with E-state index >= 15 is 0 Å². The van der Waals surface area contributed by atoms with Crippen LogP contribution in [0.15, 0.2) is 16.7 Å². The third kappa shape index (κ3) is 4.70. The maximum absolute atomic E-state index is 12.6. The molecule has 0 saturated carbocycles. The Labute approximate surface area is 184 Å². The molecule has 1 aromatic rings. The SMILES string of the molecule is CC(=O)CC(=O)OCC1=C(C(=O)O)N2C(=O)[C@@H](NC(=O)C(N)c3csc(N)n3)[C@@H]2SC1. The zero-order valence-electron chi connectivity index (χ0n) is 16.2. The molecule has 2 aliphatic heterocycles. The number of rotatable bonds is 8. The van der Waals surface area contributed by atoms with Gasteiger partial charge in [0.05, 0.1) is 5.69 Å². The number of anilines is 1. The highest BCUT2D eigenvalue weighted by Crippen LogP contribution is 2.40. The fourth-order valence-electron chi connectivity index (χ4n) is 3.04. The number of nitrogens with two attached hydrogens (primary N) is 2. The summed E-state index contributed by atoms with van der Waals surface area (Å²) >= 11 is 2.33. The molecule has 0 bridgehead atoms. The van der Waals surface area contributed by atoms with Gasteiger partial charge in [-0.2, -0.15) is 0 Å². The van der Waals surface area contributed by atoms with Crippen LogP contribution in [0.3, 0.4) is 0 Å². The number of carboxylic acids is 1. The smallest absolute Gasteiger partial charge is 0.352 e. The molecule has 1 saturated heterocycles. The first-order valence-corrected chi connectivity index (χ1v) is 10.8. The van der Waals surface area contributed by atoms with E-state index in [0.29, 0.717) is 0 Å². The molecule has 12 nitrogen and oxygen atoms in total. The maximum atomic E-state index is 12.6. The predicted molar refractivity (Wildman–Crippen MR) is 109 cm³/mol. The number of carbonyl (C=O) groups is 5. The predicted octanol–water partition coefficient (Wildman–Crippen LogP) is -1.01. The van der Waals surface area contributed by atoms with Crippen LogP contribution in [0.1, 0.15) is 25.1 Å². The quantitative estimate of drug-likeness (QED) is 0.207. The van der Waals surface area contributed by atoms with Crippen molar-refractivity contribution in [2.24, 2.45) is 5.73 Å². The number of carbonyl (C=O) groups excluding carboxylic acids is 4. The second-order valence-electron chi connectivity index (χ2n) is 6.78. The summed E-state index contributed by atoms with van der Waals surface area (Å²) in [6.45, 7) is 0.872. The van der Waals surface area contributed by atoms with Gasteiger partial charge in [-0.25, -0.2) is 9.78 Å². The number of hydrogen-bond acceptors (Lipinski definition) is 11. The van der Waals surface area contributed by atoms with Crippen molar-refractivity contribution in [1.29, 1.82) is 0 Å². The summed E-state index contributed by atoms with van der Waals surface area (Å²) in [5.41, 5.74) is 11.6. The van der Waals surface area contributed by atoms with Gasteiger partial charge in [0.25, 0.3) is 5.91 Å². The van der Waals surface area contributed by atoms with Crippen molar-refractivity contribution in [2.75, 3.05) is 18.1 Å². The first kappa shape index (κ1) is 22.7. The van der Waals surface area contributed by atoms with E-state index in [4.69, 9.17) is 16.2 Å². The van der Waals surface area contributed by atoms with E-state index in [1.165, 1.54) is 24.1 Å². The highest BCUT2D eigenvalue weighted by atomic mass is 32.2. The molecule has 14 heteroatoms. The number of thioether (sulfide) groups is 1. The summed E-state index contributed by atoms with van der Waals surface area (Å²) in [6, 6.07) is -2.09. The van der Waals surface area contributed by atoms with Gasteiger partial charge in [-0.15, -0.1) is 23.1 Å². The van der Waals surface area contributed by atoms with Crippen molar-refractivity contribution in [1.82, 2.24) is 15.2 Å². The number of fused-ring (bicyclic) bond motifs is 1. The third-order valence-corrected chi connectivity index (χ3v) is 6.52. The van der Waals surface area contributed by atoms with Gasteiger partial charge >= 0.3 is 11.9 Å². The molecule has 0 aromatic carbocycles. The number of nitrogens with zero attached hydrogens (tertiary/aromatic N) is 2. The zero-order chi connectivity index (χ0) is 22.9. The van der Waals surface area contributed by atoms with Crippen molar-refractivity contribution in [3.63, 3.8) is 0 Å². The average molecular weight is 470 g/mol. The molecular formula is C17H19N5O7S2. The van der Waals surface area contributed by atoms with E-state index in [0.717, 1.165) is 16.2 Å². The number of amides is 2. The van der Waals surface area contributed by atoms with Gasteiger partial charge in [-0.3, -0.25) is 24.1 Å². The Balaban J connectivity index is 1.68. The number of carboxylic acid groups (broad SMARTS) is 1. The summed E-state index contributed by atoms with van der Waals surface area (Å²) < 4.78 is 4.95. The minimum absolute atomic E-state index is 0.157. The van der Waals surface area contributed by atoms with Crippen molar-refractivity contribution < 1.29 is 33.8 Å². The highest BCUT2D eigenvalue weighted by Gasteiger charge is 2.54. The van der Waals surface area contributed by atoms with E-state index in [2.05, 4.69) is 10.3 Å². The summed E-state index contributed by atoms with van der Waals surface area (Å²) in [7, 11) is 0. The van der Waals surface area contributed by atoms with Gasteiger partial charge in [0.15, 0.2) is 5.13 Å².